The Labute approximate surface area is 181 Å². The van der Waals surface area contributed by atoms with Gasteiger partial charge >= 0.3 is 0 Å². The molecule has 0 bridgehead atoms. The van der Waals surface area contributed by atoms with Crippen LogP contribution in [0.4, 0.5) is 0 Å². The first-order chi connectivity index (χ1) is 14.6. The Kier molecular flexibility index (Phi) is 7.45. The Morgan fingerprint density at radius 2 is 1.80 bits per heavy atom. The molecule has 0 radical (unpaired) electrons. The van der Waals surface area contributed by atoms with Gasteiger partial charge in [-0.2, -0.15) is 0 Å². The van der Waals surface area contributed by atoms with Gasteiger partial charge in [-0.05, 0) is 17.7 Å². The third-order valence-corrected chi connectivity index (χ3v) is 4.82. The smallest absolute Gasteiger partial charge is 0.252 e. The van der Waals surface area contributed by atoms with Crippen molar-refractivity contribution < 1.29 is 4.79 Å². The van der Waals surface area contributed by atoms with Crippen molar-refractivity contribution >= 4 is 23.5 Å². The molecular weight excluding hydrogens is 400 g/mol. The van der Waals surface area contributed by atoms with E-state index in [0.717, 1.165) is 17.1 Å². The number of imidazole rings is 1. The lowest BCUT2D eigenvalue weighted by molar-refractivity contribution is 0.0954. The molecule has 0 aliphatic carbocycles. The van der Waals surface area contributed by atoms with Crippen LogP contribution < -0.4 is 10.6 Å². The number of carbonyl (C=O) groups is 1. The van der Waals surface area contributed by atoms with Crippen molar-refractivity contribution in [3.05, 3.63) is 77.2 Å². The number of carbonyl (C=O) groups excluding carboxylic acids is 1. The van der Waals surface area contributed by atoms with E-state index in [-0.39, 0.29) is 5.91 Å². The molecule has 0 aliphatic heterocycles. The molecule has 0 saturated heterocycles. The number of guanidine groups is 1. The van der Waals surface area contributed by atoms with E-state index in [1.165, 1.54) is 0 Å². The number of nitrogens with zero attached hydrogens (tertiary/aromatic N) is 3. The van der Waals surface area contributed by atoms with Gasteiger partial charge < -0.3 is 20.5 Å². The largest absolute Gasteiger partial charge is 0.354 e. The third-order valence-electron chi connectivity index (χ3n) is 4.49. The van der Waals surface area contributed by atoms with Crippen LogP contribution in [0.15, 0.2) is 65.8 Å². The molecule has 30 heavy (non-hydrogen) atoms. The fraction of sp³-hybridized carbons (Fsp3) is 0.227. The van der Waals surface area contributed by atoms with Crippen LogP contribution in [0, 0.1) is 0 Å². The lowest BCUT2D eigenvalue weighted by atomic mass is 10.2. The van der Waals surface area contributed by atoms with Crippen molar-refractivity contribution in [2.75, 3.05) is 27.2 Å². The van der Waals surface area contributed by atoms with Crippen LogP contribution in [0.3, 0.4) is 0 Å². The zero-order chi connectivity index (χ0) is 21.3. The monoisotopic (exact) mass is 424 g/mol. The summed E-state index contributed by atoms with van der Waals surface area (Å²) >= 11 is 6.05. The van der Waals surface area contributed by atoms with E-state index in [2.05, 4.69) is 25.6 Å². The van der Waals surface area contributed by atoms with Gasteiger partial charge in [0, 0.05) is 27.2 Å². The molecule has 1 amide bonds. The molecule has 3 aromatic rings. The highest BCUT2D eigenvalue weighted by atomic mass is 35.5. The minimum atomic E-state index is -0.199. The number of amides is 1. The number of aliphatic imine (C=N–C) groups is 1. The lowest BCUT2D eigenvalue weighted by Crippen LogP contribution is -2.42. The highest BCUT2D eigenvalue weighted by Crippen LogP contribution is 2.16. The van der Waals surface area contributed by atoms with Crippen LogP contribution >= 0.6 is 11.6 Å². The highest BCUT2D eigenvalue weighted by molar-refractivity contribution is 6.33. The molecule has 0 fully saturated rings. The summed E-state index contributed by atoms with van der Waals surface area (Å²) in [5.74, 6) is 1.35. The van der Waals surface area contributed by atoms with Crippen LogP contribution in [0.1, 0.15) is 16.2 Å². The van der Waals surface area contributed by atoms with Crippen molar-refractivity contribution in [2.24, 2.45) is 4.99 Å². The number of hydrogen-bond acceptors (Lipinski definition) is 3. The average molecular weight is 425 g/mol. The maximum absolute atomic E-state index is 12.2. The van der Waals surface area contributed by atoms with Crippen molar-refractivity contribution in [2.45, 2.75) is 6.54 Å². The minimum absolute atomic E-state index is 0.199. The van der Waals surface area contributed by atoms with E-state index in [0.29, 0.717) is 36.2 Å². The molecule has 1 aromatic heterocycles. The Balaban J connectivity index is 1.47. The topological polar surface area (TPSA) is 85.4 Å². The summed E-state index contributed by atoms with van der Waals surface area (Å²) in [5, 5.41) is 6.52. The number of aromatic amines is 1. The van der Waals surface area contributed by atoms with Gasteiger partial charge in [0.15, 0.2) is 5.96 Å². The van der Waals surface area contributed by atoms with E-state index < -0.39 is 0 Å². The lowest BCUT2D eigenvalue weighted by Gasteiger charge is -2.21. The van der Waals surface area contributed by atoms with E-state index >= 15 is 0 Å². The Morgan fingerprint density at radius 1 is 1.10 bits per heavy atom. The average Bonchev–Trinajstić information content (AvgIpc) is 3.23. The Bertz CT molecular complexity index is 1000. The summed E-state index contributed by atoms with van der Waals surface area (Å²) in [6, 6.07) is 17.0. The summed E-state index contributed by atoms with van der Waals surface area (Å²) in [6.07, 6.45) is 1.83. The van der Waals surface area contributed by atoms with E-state index in [1.807, 2.05) is 48.5 Å². The molecule has 2 aromatic carbocycles. The van der Waals surface area contributed by atoms with Crippen LogP contribution in [0.5, 0.6) is 0 Å². The molecule has 156 valence electrons. The molecule has 0 spiro atoms. The zero-order valence-corrected chi connectivity index (χ0v) is 17.8. The van der Waals surface area contributed by atoms with Crippen molar-refractivity contribution in [3.8, 4) is 11.3 Å². The number of aromatic nitrogens is 2. The normalized spacial score (nSPS) is 11.2. The van der Waals surface area contributed by atoms with Crippen molar-refractivity contribution in [3.63, 3.8) is 0 Å². The number of halogens is 1. The minimum Gasteiger partial charge on any atom is -0.354 e. The van der Waals surface area contributed by atoms with Gasteiger partial charge in [0.2, 0.25) is 0 Å². The molecule has 3 N–H and O–H groups in total. The second-order valence-corrected chi connectivity index (χ2v) is 7.08. The van der Waals surface area contributed by atoms with E-state index in [9.17, 15) is 4.79 Å². The maximum atomic E-state index is 12.2. The first kappa shape index (κ1) is 21.4. The SMILES string of the molecule is CN=C(NCCNC(=O)c1ccccc1Cl)N(C)Cc1ncc(-c2ccccc2)[nH]1. The van der Waals surface area contributed by atoms with E-state index in [4.69, 9.17) is 11.6 Å². The summed E-state index contributed by atoms with van der Waals surface area (Å²) in [6.45, 7) is 1.54. The molecule has 0 saturated carbocycles. The second kappa shape index (κ2) is 10.5. The van der Waals surface area contributed by atoms with Gasteiger partial charge in [0.1, 0.15) is 5.82 Å². The quantitative estimate of drug-likeness (QED) is 0.309. The fourth-order valence-corrected chi connectivity index (χ4v) is 3.20. The van der Waals surface area contributed by atoms with Gasteiger partial charge in [-0.25, -0.2) is 4.98 Å². The Morgan fingerprint density at radius 3 is 2.53 bits per heavy atom. The van der Waals surface area contributed by atoms with Crippen molar-refractivity contribution in [1.29, 1.82) is 0 Å². The number of hydrogen-bond donors (Lipinski definition) is 3. The highest BCUT2D eigenvalue weighted by Gasteiger charge is 2.11. The molecular formula is C22H25ClN6O. The fourth-order valence-electron chi connectivity index (χ4n) is 2.98. The summed E-state index contributed by atoms with van der Waals surface area (Å²) in [7, 11) is 3.65. The van der Waals surface area contributed by atoms with Crippen LogP contribution in [0.25, 0.3) is 11.3 Å². The Hall–Kier alpha value is -3.32. The number of H-pyrrole nitrogens is 1. The van der Waals surface area contributed by atoms with Gasteiger partial charge in [0.05, 0.1) is 29.0 Å². The van der Waals surface area contributed by atoms with E-state index in [1.54, 1.807) is 31.3 Å². The molecule has 0 aliphatic rings. The van der Waals surface area contributed by atoms with Gasteiger partial charge in [-0.15, -0.1) is 0 Å². The molecule has 0 atom stereocenters. The molecule has 3 rings (SSSR count). The summed E-state index contributed by atoms with van der Waals surface area (Å²) in [5.41, 5.74) is 2.53. The number of rotatable bonds is 7. The molecule has 1 heterocycles. The maximum Gasteiger partial charge on any atom is 0.252 e. The van der Waals surface area contributed by atoms with Crippen LogP contribution in [0.2, 0.25) is 5.02 Å². The second-order valence-electron chi connectivity index (χ2n) is 6.68. The van der Waals surface area contributed by atoms with Gasteiger partial charge in [-0.3, -0.25) is 9.79 Å². The molecule has 8 heteroatoms. The van der Waals surface area contributed by atoms with Crippen LogP contribution in [-0.4, -0.2) is 53.9 Å². The van der Waals surface area contributed by atoms with Crippen molar-refractivity contribution in [1.82, 2.24) is 25.5 Å². The number of nitrogens with one attached hydrogen (secondary N) is 3. The molecule has 0 unspecified atom stereocenters. The third kappa shape index (κ3) is 5.61. The first-order valence-corrected chi connectivity index (χ1v) is 10.00. The zero-order valence-electron chi connectivity index (χ0n) is 17.0. The summed E-state index contributed by atoms with van der Waals surface area (Å²) in [4.78, 5) is 26.3. The van der Waals surface area contributed by atoms with Gasteiger partial charge in [-0.1, -0.05) is 54.1 Å². The van der Waals surface area contributed by atoms with Gasteiger partial charge in [0.25, 0.3) is 5.91 Å². The number of benzene rings is 2. The van der Waals surface area contributed by atoms with Crippen LogP contribution in [-0.2, 0) is 6.54 Å². The first-order valence-electron chi connectivity index (χ1n) is 9.62. The standard InChI is InChI=1S/C22H25ClN6O/c1-24-22(26-13-12-25-21(30)17-10-6-7-11-18(17)23)29(2)15-20-27-14-19(28-20)16-8-4-3-5-9-16/h3-11,14H,12-13,15H2,1-2H3,(H,24,26)(H,25,30)(H,27,28). The summed E-state index contributed by atoms with van der Waals surface area (Å²) < 4.78 is 0. The predicted octanol–water partition coefficient (Wildman–Crippen LogP) is 3.17. The molecule has 7 nitrogen and oxygen atoms in total. The predicted molar refractivity (Wildman–Crippen MR) is 121 cm³/mol.